The Bertz CT molecular complexity index is 739. The molecule has 1 aliphatic carbocycles. The van der Waals surface area contributed by atoms with Crippen LogP contribution in [0.4, 0.5) is 0 Å². The van der Waals surface area contributed by atoms with Gasteiger partial charge in [0.05, 0.1) is 11.7 Å². The van der Waals surface area contributed by atoms with E-state index in [-0.39, 0.29) is 17.1 Å². The van der Waals surface area contributed by atoms with Crippen LogP contribution in [0.15, 0.2) is 73.0 Å². The molecular formula is C21H20O2. The van der Waals surface area contributed by atoms with E-state index >= 15 is 0 Å². The molecule has 116 valence electrons. The molecule has 0 bridgehead atoms. The van der Waals surface area contributed by atoms with Crippen LogP contribution in [0.3, 0.4) is 0 Å². The van der Waals surface area contributed by atoms with Crippen molar-refractivity contribution in [3.8, 4) is 0 Å². The lowest BCUT2D eigenvalue weighted by Gasteiger charge is -2.35. The number of benzene rings is 2. The lowest BCUT2D eigenvalue weighted by Crippen LogP contribution is -2.37. The molecule has 4 atom stereocenters. The van der Waals surface area contributed by atoms with Crippen molar-refractivity contribution < 1.29 is 9.47 Å². The zero-order valence-electron chi connectivity index (χ0n) is 13.0. The van der Waals surface area contributed by atoms with Crippen molar-refractivity contribution in [2.75, 3.05) is 6.61 Å². The van der Waals surface area contributed by atoms with Gasteiger partial charge in [-0.15, -0.1) is 0 Å². The molecule has 0 aromatic heterocycles. The second-order valence-electron chi connectivity index (χ2n) is 6.80. The van der Waals surface area contributed by atoms with Gasteiger partial charge < -0.3 is 9.47 Å². The largest absolute Gasteiger partial charge is 0.491 e. The Balaban J connectivity index is 1.68. The van der Waals surface area contributed by atoms with Crippen LogP contribution in [0.5, 0.6) is 0 Å². The summed E-state index contributed by atoms with van der Waals surface area (Å²) in [6.07, 6.45) is 6.46. The highest BCUT2D eigenvalue weighted by Crippen LogP contribution is 2.75. The number of fused-ring (bicyclic) bond motifs is 1. The van der Waals surface area contributed by atoms with Gasteiger partial charge in [-0.05, 0) is 30.0 Å². The summed E-state index contributed by atoms with van der Waals surface area (Å²) in [6, 6.07) is 21.3. The molecule has 1 saturated heterocycles. The molecule has 2 nitrogen and oxygen atoms in total. The zero-order chi connectivity index (χ0) is 15.3. The number of hydrogen-bond acceptors (Lipinski definition) is 2. The number of hydrogen-bond donors (Lipinski definition) is 0. The molecule has 2 heterocycles. The summed E-state index contributed by atoms with van der Waals surface area (Å²) in [5, 5.41) is 0. The van der Waals surface area contributed by atoms with E-state index < -0.39 is 0 Å². The fourth-order valence-corrected chi connectivity index (χ4v) is 5.00. The van der Waals surface area contributed by atoms with Gasteiger partial charge in [-0.1, -0.05) is 60.7 Å². The molecule has 3 aliphatic rings. The van der Waals surface area contributed by atoms with Crippen molar-refractivity contribution in [2.45, 2.75) is 30.0 Å². The van der Waals surface area contributed by atoms with Crippen LogP contribution in [0.1, 0.15) is 30.1 Å². The van der Waals surface area contributed by atoms with Crippen molar-refractivity contribution in [3.05, 3.63) is 84.1 Å². The van der Waals surface area contributed by atoms with Crippen LogP contribution in [0.2, 0.25) is 0 Å². The van der Waals surface area contributed by atoms with Crippen molar-refractivity contribution in [1.29, 1.82) is 0 Å². The van der Waals surface area contributed by atoms with E-state index in [1.54, 1.807) is 0 Å². The van der Waals surface area contributed by atoms with Crippen LogP contribution >= 0.6 is 0 Å². The monoisotopic (exact) mass is 304 g/mol. The van der Waals surface area contributed by atoms with Crippen LogP contribution in [0, 0.1) is 5.92 Å². The first-order valence-electron chi connectivity index (χ1n) is 8.47. The lowest BCUT2D eigenvalue weighted by atomic mass is 9.86. The minimum absolute atomic E-state index is 0.0285. The Kier molecular flexibility index (Phi) is 2.75. The maximum absolute atomic E-state index is 6.49. The fourth-order valence-electron chi connectivity index (χ4n) is 5.00. The van der Waals surface area contributed by atoms with E-state index in [4.69, 9.17) is 9.47 Å². The van der Waals surface area contributed by atoms with E-state index in [2.05, 4.69) is 66.7 Å². The minimum atomic E-state index is -0.247. The summed E-state index contributed by atoms with van der Waals surface area (Å²) in [5.41, 5.74) is 2.28. The predicted molar refractivity (Wildman–Crippen MR) is 88.9 cm³/mol. The Hall–Kier alpha value is -2.06. The first-order chi connectivity index (χ1) is 11.4. The Labute approximate surface area is 136 Å². The predicted octanol–water partition coefficient (Wildman–Crippen LogP) is 4.39. The molecule has 2 fully saturated rings. The van der Waals surface area contributed by atoms with Crippen molar-refractivity contribution >= 4 is 0 Å². The normalized spacial score (nSPS) is 37.4. The highest BCUT2D eigenvalue weighted by Gasteiger charge is 2.82. The highest BCUT2D eigenvalue weighted by atomic mass is 16.6. The highest BCUT2D eigenvalue weighted by molar-refractivity contribution is 5.53. The van der Waals surface area contributed by atoms with Gasteiger partial charge in [0.15, 0.2) is 6.10 Å². The molecule has 1 spiro atoms. The lowest BCUT2D eigenvalue weighted by molar-refractivity contribution is -0.102. The van der Waals surface area contributed by atoms with Crippen LogP contribution < -0.4 is 0 Å². The SMILES string of the molecule is C1=C[C@@]2(c3ccccc3)[C@H]3CCCO[C@@]32[C@@H](c2ccccc2)O1. The number of rotatable bonds is 2. The van der Waals surface area contributed by atoms with E-state index in [1.807, 2.05) is 6.26 Å². The van der Waals surface area contributed by atoms with Gasteiger partial charge in [-0.2, -0.15) is 0 Å². The molecule has 2 heteroatoms. The summed E-state index contributed by atoms with van der Waals surface area (Å²) in [4.78, 5) is 0. The molecule has 1 saturated carbocycles. The molecule has 0 amide bonds. The van der Waals surface area contributed by atoms with Gasteiger partial charge in [0.2, 0.25) is 0 Å². The third-order valence-corrected chi connectivity index (χ3v) is 5.90. The first-order valence-corrected chi connectivity index (χ1v) is 8.47. The topological polar surface area (TPSA) is 18.5 Å². The smallest absolute Gasteiger partial charge is 0.153 e. The van der Waals surface area contributed by atoms with E-state index in [1.165, 1.54) is 17.5 Å². The standard InChI is InChI=1S/C21H20O2/c1-3-8-16(9-4-1)19-21-18(12-7-14-23-21)20(21,13-15-22-19)17-10-5-2-6-11-17/h1-6,8-11,13,15,18-19H,7,12,14H2/t18-,19-,20-,21-/m1/s1. The summed E-state index contributed by atoms with van der Waals surface area (Å²) >= 11 is 0. The molecule has 0 radical (unpaired) electrons. The summed E-state index contributed by atoms with van der Waals surface area (Å²) in [7, 11) is 0. The molecule has 0 unspecified atom stereocenters. The zero-order valence-corrected chi connectivity index (χ0v) is 13.0. The summed E-state index contributed by atoms with van der Waals surface area (Å²) in [6.45, 7) is 0.825. The average molecular weight is 304 g/mol. The van der Waals surface area contributed by atoms with Gasteiger partial charge in [-0.25, -0.2) is 0 Å². The van der Waals surface area contributed by atoms with Gasteiger partial charge in [0.25, 0.3) is 0 Å². The molecule has 2 aliphatic heterocycles. The molecule has 23 heavy (non-hydrogen) atoms. The molecule has 0 N–H and O–H groups in total. The summed E-state index contributed by atoms with van der Waals surface area (Å²) < 4.78 is 12.6. The van der Waals surface area contributed by atoms with Gasteiger partial charge in [0.1, 0.15) is 5.60 Å². The minimum Gasteiger partial charge on any atom is -0.491 e. The van der Waals surface area contributed by atoms with Crippen molar-refractivity contribution in [3.63, 3.8) is 0 Å². The van der Waals surface area contributed by atoms with E-state index in [0.29, 0.717) is 5.92 Å². The second-order valence-corrected chi connectivity index (χ2v) is 6.80. The third kappa shape index (κ3) is 1.57. The molecule has 5 rings (SSSR count). The first kappa shape index (κ1) is 13.4. The van der Waals surface area contributed by atoms with Crippen LogP contribution in [-0.2, 0) is 14.9 Å². The van der Waals surface area contributed by atoms with Gasteiger partial charge >= 0.3 is 0 Å². The maximum atomic E-state index is 6.49. The molecule has 2 aromatic rings. The quantitative estimate of drug-likeness (QED) is 0.819. The fraction of sp³-hybridized carbons (Fsp3) is 0.333. The Morgan fingerprint density at radius 1 is 0.913 bits per heavy atom. The average Bonchev–Trinajstić information content (AvgIpc) is 3.28. The second kappa shape index (κ2) is 4.72. The number of ether oxygens (including phenoxy) is 2. The third-order valence-electron chi connectivity index (χ3n) is 5.90. The van der Waals surface area contributed by atoms with Crippen LogP contribution in [0.25, 0.3) is 0 Å². The van der Waals surface area contributed by atoms with Crippen LogP contribution in [-0.4, -0.2) is 12.2 Å². The van der Waals surface area contributed by atoms with Crippen molar-refractivity contribution in [1.82, 2.24) is 0 Å². The van der Waals surface area contributed by atoms with E-state index in [0.717, 1.165) is 13.0 Å². The maximum Gasteiger partial charge on any atom is 0.153 e. The Morgan fingerprint density at radius 2 is 1.65 bits per heavy atom. The van der Waals surface area contributed by atoms with E-state index in [9.17, 15) is 0 Å². The Morgan fingerprint density at radius 3 is 2.43 bits per heavy atom. The molecular weight excluding hydrogens is 284 g/mol. The van der Waals surface area contributed by atoms with Crippen molar-refractivity contribution in [2.24, 2.45) is 5.92 Å². The molecule has 2 aromatic carbocycles. The summed E-state index contributed by atoms with van der Waals surface area (Å²) in [5.74, 6) is 0.495. The van der Waals surface area contributed by atoms with Gasteiger partial charge in [-0.3, -0.25) is 0 Å². The van der Waals surface area contributed by atoms with Gasteiger partial charge in [0, 0.05) is 12.5 Å².